The number of nitrogens with one attached hydrogen (secondary N) is 3. The maximum Gasteiger partial charge on any atom is 0.319 e. The summed E-state index contributed by atoms with van der Waals surface area (Å²) in [5.41, 5.74) is 2.26. The molecule has 4 rings (SSSR count). The number of anilines is 1. The number of benzene rings is 1. The van der Waals surface area contributed by atoms with Crippen LogP contribution in [-0.4, -0.2) is 55.5 Å². The third kappa shape index (κ3) is 5.08. The summed E-state index contributed by atoms with van der Waals surface area (Å²) < 4.78 is 11.7. The van der Waals surface area contributed by atoms with Crippen molar-refractivity contribution in [3.8, 4) is 0 Å². The fraction of sp³-hybridized carbons (Fsp3) is 0.333. The second kappa shape index (κ2) is 9.25. The molecule has 3 atom stereocenters. The second-order valence-electron chi connectivity index (χ2n) is 7.56. The highest BCUT2D eigenvalue weighted by Gasteiger charge is 2.46. The fourth-order valence-corrected chi connectivity index (χ4v) is 5.53. The Morgan fingerprint density at radius 2 is 1.84 bits per heavy atom. The number of carbonyl (C=O) groups excluding carboxylic acids is 3. The summed E-state index contributed by atoms with van der Waals surface area (Å²) in [6.45, 7) is 0.919. The van der Waals surface area contributed by atoms with E-state index in [4.69, 9.17) is 0 Å². The lowest BCUT2D eigenvalue weighted by molar-refractivity contribution is -0.146. The molecule has 1 aromatic heterocycles. The Bertz CT molecular complexity index is 1020. The number of aromatic nitrogens is 1. The topological polar surface area (TPSA) is 120 Å². The minimum atomic E-state index is -0.883. The van der Waals surface area contributed by atoms with Gasteiger partial charge in [-0.1, -0.05) is 12.1 Å². The monoisotopic (exact) mass is 441 g/mol. The first-order valence-corrected chi connectivity index (χ1v) is 11.4. The highest BCUT2D eigenvalue weighted by Crippen LogP contribution is 2.30. The Morgan fingerprint density at radius 1 is 1.06 bits per heavy atom. The van der Waals surface area contributed by atoms with Gasteiger partial charge in [-0.25, -0.2) is 4.79 Å². The molecular weight excluding hydrogens is 418 g/mol. The van der Waals surface area contributed by atoms with Gasteiger partial charge in [0.05, 0.1) is 5.25 Å². The maximum atomic E-state index is 12.4. The van der Waals surface area contributed by atoms with E-state index in [-0.39, 0.29) is 23.9 Å². The minimum Gasteiger partial charge on any atom is -0.344 e. The average molecular weight is 442 g/mol. The first-order valence-electron chi connectivity index (χ1n) is 9.98. The van der Waals surface area contributed by atoms with Crippen molar-refractivity contribution < 1.29 is 18.6 Å². The Hall–Kier alpha value is -3.27. The summed E-state index contributed by atoms with van der Waals surface area (Å²) in [5.74, 6) is -0.790. The highest BCUT2D eigenvalue weighted by atomic mass is 32.2. The smallest absolute Gasteiger partial charge is 0.319 e. The molecule has 0 radical (unpaired) electrons. The van der Waals surface area contributed by atoms with E-state index < -0.39 is 22.6 Å². The van der Waals surface area contributed by atoms with Crippen LogP contribution in [0.3, 0.4) is 0 Å². The molecule has 2 aliphatic rings. The van der Waals surface area contributed by atoms with Crippen LogP contribution in [0.2, 0.25) is 0 Å². The van der Waals surface area contributed by atoms with E-state index in [0.29, 0.717) is 31.0 Å². The van der Waals surface area contributed by atoms with Crippen LogP contribution < -0.4 is 16.0 Å². The number of urea groups is 1. The van der Waals surface area contributed by atoms with Crippen LogP contribution in [0.5, 0.6) is 0 Å². The number of pyridine rings is 1. The average Bonchev–Trinajstić information content (AvgIpc) is 3.36. The maximum absolute atomic E-state index is 12.4. The summed E-state index contributed by atoms with van der Waals surface area (Å²) in [6.07, 6.45) is 4.03. The lowest BCUT2D eigenvalue weighted by Gasteiger charge is -2.25. The van der Waals surface area contributed by atoms with E-state index in [1.165, 1.54) is 4.90 Å². The van der Waals surface area contributed by atoms with Gasteiger partial charge in [-0.05, 0) is 41.8 Å². The number of fused-ring (bicyclic) bond motifs is 2. The summed E-state index contributed by atoms with van der Waals surface area (Å²) in [5, 5.41) is 8.14. The number of rotatable bonds is 5. The van der Waals surface area contributed by atoms with E-state index >= 15 is 0 Å². The van der Waals surface area contributed by atoms with Crippen molar-refractivity contribution in [3.63, 3.8) is 0 Å². The predicted molar refractivity (Wildman–Crippen MR) is 115 cm³/mol. The van der Waals surface area contributed by atoms with Crippen molar-refractivity contribution in [2.45, 2.75) is 30.8 Å². The van der Waals surface area contributed by atoms with Crippen molar-refractivity contribution in [3.05, 3.63) is 59.9 Å². The summed E-state index contributed by atoms with van der Waals surface area (Å²) in [4.78, 5) is 42.3. The minimum absolute atomic E-state index is 0.00536. The molecule has 1 aromatic carbocycles. The molecule has 1 unspecified atom stereocenters. The van der Waals surface area contributed by atoms with Gasteiger partial charge in [0, 0.05) is 60.3 Å². The molecule has 3 heterocycles. The molecule has 9 nitrogen and oxygen atoms in total. The third-order valence-electron chi connectivity index (χ3n) is 5.40. The van der Waals surface area contributed by atoms with Crippen LogP contribution in [0.15, 0.2) is 48.8 Å². The highest BCUT2D eigenvalue weighted by molar-refractivity contribution is 7.86. The fourth-order valence-electron chi connectivity index (χ4n) is 3.80. The number of nitrogens with zero attached hydrogens (tertiary/aromatic N) is 2. The number of hydrogen-bond donors (Lipinski definition) is 3. The van der Waals surface area contributed by atoms with Gasteiger partial charge in [-0.2, -0.15) is 0 Å². The lowest BCUT2D eigenvalue weighted by Crippen LogP contribution is -2.48. The van der Waals surface area contributed by atoms with Crippen LogP contribution in [0.4, 0.5) is 10.5 Å². The normalized spacial score (nSPS) is 21.5. The summed E-state index contributed by atoms with van der Waals surface area (Å²) in [7, 11) is -0.883. The van der Waals surface area contributed by atoms with Crippen LogP contribution in [0.25, 0.3) is 0 Å². The van der Waals surface area contributed by atoms with Gasteiger partial charge >= 0.3 is 17.8 Å². The van der Waals surface area contributed by atoms with E-state index in [1.54, 1.807) is 36.7 Å². The van der Waals surface area contributed by atoms with Gasteiger partial charge in [0.15, 0.2) is 0 Å². The van der Waals surface area contributed by atoms with Crippen molar-refractivity contribution in [1.29, 1.82) is 0 Å². The molecular formula is C21H23N5O4S. The van der Waals surface area contributed by atoms with Crippen LogP contribution in [-0.2, 0) is 33.5 Å². The SMILES string of the molecule is O=C(NCc1ccncc1)Nc1cccc(CNC(=O)C(=O)N2C[C@@H]3C[C@H]2CS3=O)c1. The van der Waals surface area contributed by atoms with Crippen LogP contribution in [0, 0.1) is 0 Å². The van der Waals surface area contributed by atoms with Gasteiger partial charge in [-0.15, -0.1) is 0 Å². The standard InChI is InChI=1S/C21H23N5O4S/c27-19(20(28)26-12-18-9-17(26)13-31(18)30)23-11-15-2-1-3-16(8-15)25-21(29)24-10-14-4-6-22-7-5-14/h1-8,17-18H,9-13H2,(H,23,27)(H2,24,25,29)/t17-,18-,31?/m0/s1. The molecule has 2 aromatic rings. The van der Waals surface area contributed by atoms with Crippen molar-refractivity contribution >= 4 is 34.3 Å². The van der Waals surface area contributed by atoms with Crippen molar-refractivity contribution in [1.82, 2.24) is 20.5 Å². The zero-order chi connectivity index (χ0) is 21.8. The quantitative estimate of drug-likeness (QED) is 0.592. The van der Waals surface area contributed by atoms with Crippen LogP contribution >= 0.6 is 0 Å². The number of likely N-dealkylation sites (tertiary alicyclic amines) is 1. The second-order valence-corrected chi connectivity index (χ2v) is 9.32. The zero-order valence-electron chi connectivity index (χ0n) is 16.7. The molecule has 2 aliphatic heterocycles. The molecule has 4 amide bonds. The Balaban J connectivity index is 1.25. The Labute approximate surface area is 182 Å². The molecule has 0 aliphatic carbocycles. The molecule has 10 heteroatoms. The third-order valence-corrected chi connectivity index (χ3v) is 7.20. The van der Waals surface area contributed by atoms with Gasteiger partial charge in [0.2, 0.25) is 0 Å². The van der Waals surface area contributed by atoms with E-state index in [0.717, 1.165) is 11.1 Å². The first kappa shape index (κ1) is 21.0. The van der Waals surface area contributed by atoms with E-state index in [2.05, 4.69) is 20.9 Å². The first-order chi connectivity index (χ1) is 15.0. The Morgan fingerprint density at radius 3 is 2.55 bits per heavy atom. The number of hydrogen-bond acceptors (Lipinski definition) is 5. The van der Waals surface area contributed by atoms with Gasteiger partial charge in [0.1, 0.15) is 0 Å². The molecule has 162 valence electrons. The van der Waals surface area contributed by atoms with Crippen molar-refractivity contribution in [2.75, 3.05) is 17.6 Å². The largest absolute Gasteiger partial charge is 0.344 e. The molecule has 0 saturated carbocycles. The molecule has 3 N–H and O–H groups in total. The molecule has 2 fully saturated rings. The number of carbonyl (C=O) groups is 3. The van der Waals surface area contributed by atoms with E-state index in [1.807, 2.05) is 12.1 Å². The summed E-state index contributed by atoms with van der Waals surface area (Å²) in [6, 6.07) is 10.2. The molecule has 0 spiro atoms. The molecule has 2 saturated heterocycles. The number of amides is 4. The lowest BCUT2D eigenvalue weighted by atomic mass is 10.2. The van der Waals surface area contributed by atoms with Crippen LogP contribution in [0.1, 0.15) is 17.5 Å². The molecule has 31 heavy (non-hydrogen) atoms. The molecule has 2 bridgehead atoms. The predicted octanol–water partition coefficient (Wildman–Crippen LogP) is 0.751. The van der Waals surface area contributed by atoms with Gasteiger partial charge in [0.25, 0.3) is 0 Å². The van der Waals surface area contributed by atoms with Gasteiger partial charge in [-0.3, -0.25) is 18.8 Å². The van der Waals surface area contributed by atoms with Gasteiger partial charge < -0.3 is 20.9 Å². The zero-order valence-corrected chi connectivity index (χ0v) is 17.6. The summed E-state index contributed by atoms with van der Waals surface area (Å²) >= 11 is 0. The van der Waals surface area contributed by atoms with Crippen molar-refractivity contribution in [2.24, 2.45) is 0 Å². The Kier molecular flexibility index (Phi) is 6.26. The van der Waals surface area contributed by atoms with E-state index in [9.17, 15) is 18.6 Å².